The standard InChI is InChI=1S/C18H28N2O3/c1-13-8-5-6-10-15(13)19-18(21)20(2)12-14-9-7-11-16(22-3)17(14)23-4/h7,9,11,13,15H,5-6,8,10,12H2,1-4H3,(H,19,21)/t13-,15-/m1/s1. The van der Waals surface area contributed by atoms with Gasteiger partial charge < -0.3 is 19.7 Å². The molecular formula is C18H28N2O3. The molecule has 1 aliphatic carbocycles. The van der Waals surface area contributed by atoms with Crippen molar-refractivity contribution in [1.29, 1.82) is 0 Å². The van der Waals surface area contributed by atoms with E-state index in [9.17, 15) is 4.79 Å². The minimum Gasteiger partial charge on any atom is -0.493 e. The lowest BCUT2D eigenvalue weighted by molar-refractivity contribution is 0.189. The fourth-order valence-corrected chi connectivity index (χ4v) is 3.21. The molecule has 1 saturated carbocycles. The highest BCUT2D eigenvalue weighted by molar-refractivity contribution is 5.74. The van der Waals surface area contributed by atoms with Gasteiger partial charge in [0.15, 0.2) is 11.5 Å². The molecule has 2 rings (SSSR count). The van der Waals surface area contributed by atoms with Gasteiger partial charge in [0, 0.05) is 18.7 Å². The van der Waals surface area contributed by atoms with Gasteiger partial charge in [0.2, 0.25) is 0 Å². The smallest absolute Gasteiger partial charge is 0.317 e. The molecule has 5 heteroatoms. The van der Waals surface area contributed by atoms with Gasteiger partial charge in [-0.05, 0) is 24.8 Å². The number of carbonyl (C=O) groups excluding carboxylic acids is 1. The first-order chi connectivity index (χ1) is 11.1. The zero-order valence-corrected chi connectivity index (χ0v) is 14.6. The summed E-state index contributed by atoms with van der Waals surface area (Å²) in [5, 5.41) is 3.17. The first kappa shape index (κ1) is 17.4. The molecule has 0 radical (unpaired) electrons. The van der Waals surface area contributed by atoms with Gasteiger partial charge in [-0.15, -0.1) is 0 Å². The van der Waals surface area contributed by atoms with Crippen molar-refractivity contribution in [3.63, 3.8) is 0 Å². The number of nitrogens with one attached hydrogen (secondary N) is 1. The molecule has 0 bridgehead atoms. The van der Waals surface area contributed by atoms with Crippen LogP contribution in [0.1, 0.15) is 38.2 Å². The molecular weight excluding hydrogens is 292 g/mol. The van der Waals surface area contributed by atoms with Crippen LogP contribution >= 0.6 is 0 Å². The Morgan fingerprint density at radius 2 is 2.00 bits per heavy atom. The third-order valence-corrected chi connectivity index (χ3v) is 4.66. The van der Waals surface area contributed by atoms with E-state index in [2.05, 4.69) is 12.2 Å². The number of methoxy groups -OCH3 is 2. The zero-order chi connectivity index (χ0) is 16.8. The molecule has 2 atom stereocenters. The van der Waals surface area contributed by atoms with Gasteiger partial charge in [-0.2, -0.15) is 0 Å². The molecule has 1 fully saturated rings. The van der Waals surface area contributed by atoms with E-state index < -0.39 is 0 Å². The molecule has 1 aromatic carbocycles. The maximum absolute atomic E-state index is 12.5. The Morgan fingerprint density at radius 3 is 2.65 bits per heavy atom. The van der Waals surface area contributed by atoms with E-state index in [1.54, 1.807) is 19.1 Å². The van der Waals surface area contributed by atoms with Gasteiger partial charge >= 0.3 is 6.03 Å². The van der Waals surface area contributed by atoms with Crippen molar-refractivity contribution in [3.8, 4) is 11.5 Å². The summed E-state index contributed by atoms with van der Waals surface area (Å²) in [6.45, 7) is 2.70. The van der Waals surface area contributed by atoms with Gasteiger partial charge in [0.1, 0.15) is 0 Å². The van der Waals surface area contributed by atoms with Gasteiger partial charge in [0.05, 0.1) is 20.8 Å². The van der Waals surface area contributed by atoms with Crippen LogP contribution in [0.25, 0.3) is 0 Å². The third kappa shape index (κ3) is 4.30. The maximum atomic E-state index is 12.5. The number of nitrogens with zero attached hydrogens (tertiary/aromatic N) is 1. The number of hydrogen-bond donors (Lipinski definition) is 1. The summed E-state index contributed by atoms with van der Waals surface area (Å²) in [5.41, 5.74) is 0.932. The molecule has 128 valence electrons. The maximum Gasteiger partial charge on any atom is 0.317 e. The fraction of sp³-hybridized carbons (Fsp3) is 0.611. The third-order valence-electron chi connectivity index (χ3n) is 4.66. The lowest BCUT2D eigenvalue weighted by Gasteiger charge is -2.31. The normalized spacial score (nSPS) is 20.7. The van der Waals surface area contributed by atoms with Crippen LogP contribution in [0.3, 0.4) is 0 Å². The summed E-state index contributed by atoms with van der Waals surface area (Å²) >= 11 is 0. The van der Waals surface area contributed by atoms with E-state index in [0.29, 0.717) is 24.0 Å². The van der Waals surface area contributed by atoms with E-state index in [1.807, 2.05) is 25.2 Å². The molecule has 1 N–H and O–H groups in total. The van der Waals surface area contributed by atoms with E-state index in [4.69, 9.17) is 9.47 Å². The SMILES string of the molecule is COc1cccc(CN(C)C(=O)N[C@@H]2CCCC[C@H]2C)c1OC. The van der Waals surface area contributed by atoms with E-state index >= 15 is 0 Å². The Balaban J connectivity index is 2.01. The van der Waals surface area contributed by atoms with Crippen LogP contribution in [0.2, 0.25) is 0 Å². The van der Waals surface area contributed by atoms with Crippen molar-refractivity contribution in [2.24, 2.45) is 5.92 Å². The largest absolute Gasteiger partial charge is 0.493 e. The molecule has 0 heterocycles. The Kier molecular flexibility index (Phi) is 6.13. The fourth-order valence-electron chi connectivity index (χ4n) is 3.21. The highest BCUT2D eigenvalue weighted by atomic mass is 16.5. The first-order valence-corrected chi connectivity index (χ1v) is 8.28. The van der Waals surface area contributed by atoms with Gasteiger partial charge in [0.25, 0.3) is 0 Å². The predicted octanol–water partition coefficient (Wildman–Crippen LogP) is 3.42. The number of hydrogen-bond acceptors (Lipinski definition) is 3. The van der Waals surface area contributed by atoms with E-state index in [1.165, 1.54) is 19.3 Å². The summed E-state index contributed by atoms with van der Waals surface area (Å²) in [6, 6.07) is 5.96. The summed E-state index contributed by atoms with van der Waals surface area (Å²) < 4.78 is 10.7. The quantitative estimate of drug-likeness (QED) is 0.904. The topological polar surface area (TPSA) is 50.8 Å². The molecule has 0 unspecified atom stereocenters. The van der Waals surface area contributed by atoms with Crippen LogP contribution in [0, 0.1) is 5.92 Å². The lowest BCUT2D eigenvalue weighted by Crippen LogP contribution is -2.46. The first-order valence-electron chi connectivity index (χ1n) is 8.28. The summed E-state index contributed by atoms with van der Waals surface area (Å²) in [7, 11) is 5.04. The average Bonchev–Trinajstić information content (AvgIpc) is 2.56. The van der Waals surface area contributed by atoms with Crippen LogP contribution in [-0.4, -0.2) is 38.2 Å². The van der Waals surface area contributed by atoms with Crippen molar-refractivity contribution < 1.29 is 14.3 Å². The van der Waals surface area contributed by atoms with Crippen molar-refractivity contribution in [1.82, 2.24) is 10.2 Å². The van der Waals surface area contributed by atoms with Crippen LogP contribution < -0.4 is 14.8 Å². The molecule has 23 heavy (non-hydrogen) atoms. The number of ether oxygens (including phenoxy) is 2. The van der Waals surface area contributed by atoms with E-state index in [0.717, 1.165) is 12.0 Å². The second-order valence-electron chi connectivity index (χ2n) is 6.33. The molecule has 0 spiro atoms. The van der Waals surface area contributed by atoms with Crippen LogP contribution in [0.5, 0.6) is 11.5 Å². The number of rotatable bonds is 5. The molecule has 2 amide bonds. The number of carbonyl (C=O) groups is 1. The summed E-state index contributed by atoms with van der Waals surface area (Å²) in [4.78, 5) is 14.2. The molecule has 5 nitrogen and oxygen atoms in total. The highest BCUT2D eigenvalue weighted by Crippen LogP contribution is 2.31. The number of benzene rings is 1. The van der Waals surface area contributed by atoms with Gasteiger partial charge in [-0.25, -0.2) is 4.79 Å². The molecule has 0 saturated heterocycles. The van der Waals surface area contributed by atoms with Crippen LogP contribution in [0.4, 0.5) is 4.79 Å². The minimum absolute atomic E-state index is 0.0337. The Bertz CT molecular complexity index is 533. The van der Waals surface area contributed by atoms with Crippen molar-refractivity contribution >= 4 is 6.03 Å². The second kappa shape index (κ2) is 8.09. The van der Waals surface area contributed by atoms with Gasteiger partial charge in [-0.1, -0.05) is 31.9 Å². The van der Waals surface area contributed by atoms with Crippen molar-refractivity contribution in [2.45, 2.75) is 45.2 Å². The monoisotopic (exact) mass is 320 g/mol. The average molecular weight is 320 g/mol. The Morgan fingerprint density at radius 1 is 1.26 bits per heavy atom. The zero-order valence-electron chi connectivity index (χ0n) is 14.6. The predicted molar refractivity (Wildman–Crippen MR) is 91.0 cm³/mol. The lowest BCUT2D eigenvalue weighted by atomic mass is 9.86. The number of urea groups is 1. The van der Waals surface area contributed by atoms with Crippen molar-refractivity contribution in [3.05, 3.63) is 23.8 Å². The summed E-state index contributed by atoms with van der Waals surface area (Å²) in [6.07, 6.45) is 4.73. The molecule has 1 aromatic rings. The second-order valence-corrected chi connectivity index (χ2v) is 6.33. The van der Waals surface area contributed by atoms with Gasteiger partial charge in [-0.3, -0.25) is 0 Å². The number of para-hydroxylation sites is 1. The van der Waals surface area contributed by atoms with E-state index in [-0.39, 0.29) is 12.1 Å². The molecule has 0 aliphatic heterocycles. The molecule has 0 aromatic heterocycles. The number of amides is 2. The van der Waals surface area contributed by atoms with Crippen molar-refractivity contribution in [2.75, 3.05) is 21.3 Å². The minimum atomic E-state index is -0.0337. The Labute approximate surface area is 139 Å². The van der Waals surface area contributed by atoms with Crippen LogP contribution in [0.15, 0.2) is 18.2 Å². The highest BCUT2D eigenvalue weighted by Gasteiger charge is 2.24. The molecule has 1 aliphatic rings. The van der Waals surface area contributed by atoms with Crippen LogP contribution in [-0.2, 0) is 6.54 Å². The Hall–Kier alpha value is -1.91. The summed E-state index contributed by atoms with van der Waals surface area (Å²) in [5.74, 6) is 1.91.